The van der Waals surface area contributed by atoms with E-state index < -0.39 is 0 Å². The monoisotopic (exact) mass is 497 g/mol. The van der Waals surface area contributed by atoms with Crippen molar-refractivity contribution in [2.24, 2.45) is 4.99 Å². The van der Waals surface area contributed by atoms with Crippen molar-refractivity contribution in [3.8, 4) is 0 Å². The van der Waals surface area contributed by atoms with Crippen LogP contribution in [0.1, 0.15) is 17.5 Å². The molecule has 0 aliphatic heterocycles. The summed E-state index contributed by atoms with van der Waals surface area (Å²) in [5, 5.41) is 8.53. The molecule has 0 atom stereocenters. The van der Waals surface area contributed by atoms with Gasteiger partial charge in [0.25, 0.3) is 0 Å². The van der Waals surface area contributed by atoms with E-state index in [1.807, 2.05) is 12.1 Å². The molecule has 0 bridgehead atoms. The number of guanidine groups is 1. The minimum Gasteiger partial charge on any atom is -0.361 e. The van der Waals surface area contributed by atoms with Crippen LogP contribution in [0.15, 0.2) is 53.8 Å². The molecule has 0 aliphatic carbocycles. The van der Waals surface area contributed by atoms with Crippen LogP contribution >= 0.6 is 35.6 Å². The maximum Gasteiger partial charge on any atom is 0.190 e. The summed E-state index contributed by atoms with van der Waals surface area (Å²) in [6.45, 7) is 1.67. The van der Waals surface area contributed by atoms with Crippen molar-refractivity contribution in [3.05, 3.63) is 65.1 Å². The predicted molar refractivity (Wildman–Crippen MR) is 124 cm³/mol. The molecule has 5 nitrogen and oxygen atoms in total. The van der Waals surface area contributed by atoms with Gasteiger partial charge in [0.05, 0.1) is 0 Å². The highest BCUT2D eigenvalue weighted by Gasteiger charge is 2.03. The molecule has 3 N–H and O–H groups in total. The molecule has 27 heavy (non-hydrogen) atoms. The summed E-state index contributed by atoms with van der Waals surface area (Å²) in [7, 11) is 1.79. The van der Waals surface area contributed by atoms with E-state index >= 15 is 0 Å². The van der Waals surface area contributed by atoms with E-state index in [2.05, 4.69) is 56.1 Å². The number of rotatable bonds is 7. The van der Waals surface area contributed by atoms with Gasteiger partial charge in [-0.1, -0.05) is 35.9 Å². The van der Waals surface area contributed by atoms with Crippen molar-refractivity contribution in [3.63, 3.8) is 0 Å². The van der Waals surface area contributed by atoms with Crippen LogP contribution in [0.2, 0.25) is 5.15 Å². The second kappa shape index (κ2) is 11.1. The number of para-hydroxylation sites is 1. The lowest BCUT2D eigenvalue weighted by atomic mass is 10.1. The predicted octanol–water partition coefficient (Wildman–Crippen LogP) is 4.17. The zero-order valence-electron chi connectivity index (χ0n) is 15.3. The number of nitrogens with zero attached hydrogens (tertiary/aromatic N) is 2. The molecule has 0 spiro atoms. The van der Waals surface area contributed by atoms with Gasteiger partial charge in [0, 0.05) is 43.4 Å². The first-order valence-electron chi connectivity index (χ1n) is 8.86. The van der Waals surface area contributed by atoms with Gasteiger partial charge < -0.3 is 15.6 Å². The molecule has 1 aromatic carbocycles. The van der Waals surface area contributed by atoms with E-state index in [-0.39, 0.29) is 24.0 Å². The third-order valence-electron chi connectivity index (χ3n) is 4.31. The van der Waals surface area contributed by atoms with E-state index in [0.29, 0.717) is 5.15 Å². The molecule has 0 fully saturated rings. The fraction of sp³-hybridized carbons (Fsp3) is 0.300. The Morgan fingerprint density at radius 2 is 1.93 bits per heavy atom. The number of aryl methyl sites for hydroxylation is 1. The first kappa shape index (κ1) is 21.5. The largest absolute Gasteiger partial charge is 0.361 e. The molecular weight excluding hydrogens is 473 g/mol. The zero-order valence-corrected chi connectivity index (χ0v) is 18.4. The molecule has 0 radical (unpaired) electrons. The number of halogens is 2. The maximum atomic E-state index is 5.80. The van der Waals surface area contributed by atoms with Crippen LogP contribution in [0.5, 0.6) is 0 Å². The van der Waals surface area contributed by atoms with E-state index in [0.717, 1.165) is 43.9 Å². The number of hydrogen-bond acceptors (Lipinski definition) is 2. The van der Waals surface area contributed by atoms with Crippen LogP contribution in [0.3, 0.4) is 0 Å². The average molecular weight is 498 g/mol. The second-order valence-corrected chi connectivity index (χ2v) is 6.52. The Morgan fingerprint density at radius 1 is 1.11 bits per heavy atom. The highest BCUT2D eigenvalue weighted by atomic mass is 127. The Morgan fingerprint density at radius 3 is 2.70 bits per heavy atom. The van der Waals surface area contributed by atoms with Gasteiger partial charge in [-0.05, 0) is 42.5 Å². The van der Waals surface area contributed by atoms with Crippen molar-refractivity contribution >= 4 is 52.4 Å². The zero-order chi connectivity index (χ0) is 18.2. The van der Waals surface area contributed by atoms with Gasteiger partial charge in [-0.15, -0.1) is 24.0 Å². The molecular formula is C20H25ClIN5. The van der Waals surface area contributed by atoms with Crippen molar-refractivity contribution in [2.45, 2.75) is 19.3 Å². The molecule has 7 heteroatoms. The highest BCUT2D eigenvalue weighted by Crippen LogP contribution is 2.18. The molecule has 2 aromatic heterocycles. The van der Waals surface area contributed by atoms with Crippen LogP contribution in [0.4, 0.5) is 0 Å². The number of aromatic nitrogens is 2. The SMILES string of the molecule is CN=C(NCCCc1c[nH]c2ccccc12)NCCc1ccc(Cl)nc1.I. The average Bonchev–Trinajstić information content (AvgIpc) is 3.08. The molecule has 144 valence electrons. The van der Waals surface area contributed by atoms with Crippen LogP contribution in [-0.4, -0.2) is 36.1 Å². The Hall–Kier alpha value is -1.80. The minimum atomic E-state index is 0. The number of fused-ring (bicyclic) bond motifs is 1. The van der Waals surface area contributed by atoms with Crippen molar-refractivity contribution < 1.29 is 0 Å². The number of H-pyrrole nitrogens is 1. The van der Waals surface area contributed by atoms with Gasteiger partial charge in [0.1, 0.15) is 5.15 Å². The molecule has 0 unspecified atom stereocenters. The van der Waals surface area contributed by atoms with E-state index in [1.165, 1.54) is 16.5 Å². The van der Waals surface area contributed by atoms with Crippen LogP contribution in [-0.2, 0) is 12.8 Å². The fourth-order valence-corrected chi connectivity index (χ4v) is 3.04. The summed E-state index contributed by atoms with van der Waals surface area (Å²) < 4.78 is 0. The van der Waals surface area contributed by atoms with E-state index in [1.54, 1.807) is 13.2 Å². The standard InChI is InChI=1S/C20H24ClN5.HI/c1-22-20(24-12-10-15-8-9-19(21)26-13-15)23-11-4-5-16-14-25-18-7-3-2-6-17(16)18;/h2-3,6-9,13-14,25H,4-5,10-12H2,1H3,(H2,22,23,24);1H. The lowest BCUT2D eigenvalue weighted by Crippen LogP contribution is -2.38. The Bertz CT molecular complexity index is 860. The van der Waals surface area contributed by atoms with Gasteiger partial charge in [-0.3, -0.25) is 4.99 Å². The summed E-state index contributed by atoms with van der Waals surface area (Å²) in [6, 6.07) is 12.2. The number of hydrogen-bond donors (Lipinski definition) is 3. The first-order chi connectivity index (χ1) is 12.8. The molecule has 0 aliphatic rings. The lowest BCUT2D eigenvalue weighted by molar-refractivity contribution is 0.740. The van der Waals surface area contributed by atoms with Crippen molar-refractivity contribution in [2.75, 3.05) is 20.1 Å². The molecule has 0 saturated heterocycles. The van der Waals surface area contributed by atoms with Crippen LogP contribution in [0.25, 0.3) is 10.9 Å². The van der Waals surface area contributed by atoms with Gasteiger partial charge in [-0.2, -0.15) is 0 Å². The minimum absolute atomic E-state index is 0. The summed E-state index contributed by atoms with van der Waals surface area (Å²) in [5.41, 5.74) is 3.71. The van der Waals surface area contributed by atoms with Crippen LogP contribution < -0.4 is 10.6 Å². The van der Waals surface area contributed by atoms with Gasteiger partial charge in [-0.25, -0.2) is 4.98 Å². The molecule has 3 rings (SSSR count). The van der Waals surface area contributed by atoms with Gasteiger partial charge >= 0.3 is 0 Å². The molecule has 3 aromatic rings. The Balaban J connectivity index is 0.00000261. The third kappa shape index (κ3) is 6.39. The topological polar surface area (TPSA) is 65.1 Å². The quantitative estimate of drug-likeness (QED) is 0.151. The Kier molecular flexibility index (Phi) is 8.87. The first-order valence-corrected chi connectivity index (χ1v) is 9.24. The number of pyridine rings is 1. The van der Waals surface area contributed by atoms with Gasteiger partial charge in [0.2, 0.25) is 0 Å². The van der Waals surface area contributed by atoms with Crippen molar-refractivity contribution in [1.82, 2.24) is 20.6 Å². The third-order valence-corrected chi connectivity index (χ3v) is 4.53. The smallest absolute Gasteiger partial charge is 0.190 e. The fourth-order valence-electron chi connectivity index (χ4n) is 2.92. The highest BCUT2D eigenvalue weighted by molar-refractivity contribution is 14.0. The molecule has 0 amide bonds. The van der Waals surface area contributed by atoms with E-state index in [9.17, 15) is 0 Å². The second-order valence-electron chi connectivity index (χ2n) is 6.13. The normalized spacial score (nSPS) is 11.3. The van der Waals surface area contributed by atoms with Crippen molar-refractivity contribution in [1.29, 1.82) is 0 Å². The lowest BCUT2D eigenvalue weighted by Gasteiger charge is -2.11. The Labute approximate surface area is 182 Å². The summed E-state index contributed by atoms with van der Waals surface area (Å²) >= 11 is 5.80. The van der Waals surface area contributed by atoms with E-state index in [4.69, 9.17) is 11.6 Å². The van der Waals surface area contributed by atoms with Gasteiger partial charge in [0.15, 0.2) is 5.96 Å². The van der Waals surface area contributed by atoms with Crippen LogP contribution in [0, 0.1) is 0 Å². The number of aliphatic imine (C=N–C) groups is 1. The number of nitrogens with one attached hydrogen (secondary N) is 3. The summed E-state index contributed by atoms with van der Waals surface area (Å²) in [5.74, 6) is 0.825. The number of aromatic amines is 1. The molecule has 2 heterocycles. The number of benzene rings is 1. The maximum absolute atomic E-state index is 5.80. The molecule has 0 saturated carbocycles. The summed E-state index contributed by atoms with van der Waals surface area (Å²) in [4.78, 5) is 11.7. The summed E-state index contributed by atoms with van der Waals surface area (Å²) in [6.07, 6.45) is 6.87.